The molecule has 0 unspecified atom stereocenters. The number of ether oxygens (including phenoxy) is 1. The summed E-state index contributed by atoms with van der Waals surface area (Å²) in [7, 11) is 0. The molecule has 0 bridgehead atoms. The number of nitrogens with zero attached hydrogens (tertiary/aromatic N) is 3. The smallest absolute Gasteiger partial charge is 0.253 e. The van der Waals surface area contributed by atoms with Crippen molar-refractivity contribution in [1.29, 1.82) is 5.26 Å². The summed E-state index contributed by atoms with van der Waals surface area (Å²) in [6.45, 7) is 4.26. The Morgan fingerprint density at radius 2 is 1.97 bits per heavy atom. The first-order valence-corrected chi connectivity index (χ1v) is 10.2. The normalized spacial score (nSPS) is 22.3. The van der Waals surface area contributed by atoms with Gasteiger partial charge in [-0.05, 0) is 56.4 Å². The molecular formula is C23H26N4O2. The van der Waals surface area contributed by atoms with Crippen LogP contribution in [0.5, 0.6) is 0 Å². The van der Waals surface area contributed by atoms with Gasteiger partial charge in [0.2, 0.25) is 0 Å². The van der Waals surface area contributed by atoms with Crippen LogP contribution in [0.25, 0.3) is 0 Å². The molecule has 2 saturated heterocycles. The first-order valence-electron chi connectivity index (χ1n) is 10.2. The van der Waals surface area contributed by atoms with Gasteiger partial charge in [0.05, 0.1) is 23.8 Å². The molecule has 29 heavy (non-hydrogen) atoms. The number of carbonyl (C=O) groups excluding carboxylic acids is 1. The van der Waals surface area contributed by atoms with Crippen LogP contribution in [0.3, 0.4) is 0 Å². The molecule has 0 saturated carbocycles. The van der Waals surface area contributed by atoms with Crippen molar-refractivity contribution in [3.8, 4) is 6.07 Å². The second-order valence-corrected chi connectivity index (χ2v) is 7.91. The van der Waals surface area contributed by atoms with Crippen LogP contribution in [0.4, 0.5) is 5.82 Å². The topological polar surface area (TPSA) is 78.2 Å². The summed E-state index contributed by atoms with van der Waals surface area (Å²) >= 11 is 0. The fourth-order valence-electron chi connectivity index (χ4n) is 4.31. The highest BCUT2D eigenvalue weighted by Gasteiger charge is 2.37. The maximum atomic E-state index is 12.8. The summed E-state index contributed by atoms with van der Waals surface area (Å²) < 4.78 is 6.07. The molecule has 0 aliphatic carbocycles. The number of piperidine rings is 1. The molecule has 0 spiro atoms. The van der Waals surface area contributed by atoms with Crippen molar-refractivity contribution in [2.75, 3.05) is 25.0 Å². The highest BCUT2D eigenvalue weighted by molar-refractivity contribution is 5.94. The first kappa shape index (κ1) is 19.4. The van der Waals surface area contributed by atoms with Crippen LogP contribution in [-0.2, 0) is 4.74 Å². The van der Waals surface area contributed by atoms with E-state index in [1.165, 1.54) is 0 Å². The van der Waals surface area contributed by atoms with Gasteiger partial charge in [0.15, 0.2) is 0 Å². The molecule has 150 valence electrons. The summed E-state index contributed by atoms with van der Waals surface area (Å²) in [5.41, 5.74) is 2.52. The summed E-state index contributed by atoms with van der Waals surface area (Å²) in [5, 5.41) is 12.5. The lowest BCUT2D eigenvalue weighted by atomic mass is 9.87. The van der Waals surface area contributed by atoms with Gasteiger partial charge < -0.3 is 15.0 Å². The van der Waals surface area contributed by atoms with Crippen molar-refractivity contribution in [3.63, 3.8) is 0 Å². The number of aryl methyl sites for hydroxylation is 1. The quantitative estimate of drug-likeness (QED) is 0.866. The monoisotopic (exact) mass is 390 g/mol. The Morgan fingerprint density at radius 1 is 1.21 bits per heavy atom. The molecule has 1 N–H and O–H groups in total. The molecule has 6 nitrogen and oxygen atoms in total. The number of nitriles is 1. The van der Waals surface area contributed by atoms with Gasteiger partial charge in [0.1, 0.15) is 5.82 Å². The van der Waals surface area contributed by atoms with E-state index in [0.29, 0.717) is 11.5 Å². The van der Waals surface area contributed by atoms with Gasteiger partial charge in [-0.2, -0.15) is 5.26 Å². The average molecular weight is 390 g/mol. The number of carbonyl (C=O) groups is 1. The molecule has 2 aliphatic heterocycles. The zero-order valence-corrected chi connectivity index (χ0v) is 16.7. The number of aromatic nitrogens is 1. The molecule has 3 heterocycles. The van der Waals surface area contributed by atoms with Gasteiger partial charge >= 0.3 is 0 Å². The van der Waals surface area contributed by atoms with Crippen molar-refractivity contribution < 1.29 is 9.53 Å². The third-order valence-electron chi connectivity index (χ3n) is 5.95. The summed E-state index contributed by atoms with van der Waals surface area (Å²) in [6.07, 6.45) is 4.56. The zero-order chi connectivity index (χ0) is 20.2. The van der Waals surface area contributed by atoms with E-state index in [0.717, 1.165) is 55.9 Å². The number of hydrogen-bond donors (Lipinski definition) is 1. The number of benzene rings is 1. The number of pyridine rings is 1. The van der Waals surface area contributed by atoms with E-state index in [9.17, 15) is 4.79 Å². The second-order valence-electron chi connectivity index (χ2n) is 7.91. The van der Waals surface area contributed by atoms with E-state index >= 15 is 0 Å². The summed E-state index contributed by atoms with van der Waals surface area (Å²) in [6, 6.07) is 13.6. The fourth-order valence-corrected chi connectivity index (χ4v) is 4.31. The molecule has 2 aromatic rings. The van der Waals surface area contributed by atoms with Crippen molar-refractivity contribution in [3.05, 3.63) is 59.3 Å². The average Bonchev–Trinajstić information content (AvgIpc) is 3.22. The molecule has 4 rings (SSSR count). The van der Waals surface area contributed by atoms with Crippen molar-refractivity contribution >= 4 is 11.7 Å². The minimum Gasteiger partial charge on any atom is -0.376 e. The predicted octanol–water partition coefficient (Wildman–Crippen LogP) is 3.38. The van der Waals surface area contributed by atoms with Gasteiger partial charge in [-0.15, -0.1) is 0 Å². The van der Waals surface area contributed by atoms with Crippen LogP contribution < -0.4 is 5.32 Å². The second kappa shape index (κ2) is 8.62. The van der Waals surface area contributed by atoms with Crippen LogP contribution in [0, 0.1) is 24.2 Å². The number of nitrogens with one attached hydrogen (secondary N) is 1. The van der Waals surface area contributed by atoms with E-state index in [2.05, 4.69) is 16.4 Å². The van der Waals surface area contributed by atoms with E-state index < -0.39 is 0 Å². The first-order chi connectivity index (χ1) is 14.1. The number of likely N-dealkylation sites (tertiary alicyclic amines) is 1. The fraction of sp³-hybridized carbons (Fsp3) is 0.435. The van der Waals surface area contributed by atoms with Gasteiger partial charge in [0.25, 0.3) is 5.91 Å². The lowest BCUT2D eigenvalue weighted by molar-refractivity contribution is 0.0260. The Hall–Kier alpha value is -2.91. The SMILES string of the molecule is Cc1ccc(C(=O)N2CCC([C@@H]3OCC[C@H]3Nc3cc(C#N)ccn3)CC2)cc1. The van der Waals surface area contributed by atoms with Crippen LogP contribution in [0.2, 0.25) is 0 Å². The van der Waals surface area contributed by atoms with Gasteiger partial charge in [-0.3, -0.25) is 4.79 Å². The van der Waals surface area contributed by atoms with Crippen LogP contribution >= 0.6 is 0 Å². The molecule has 6 heteroatoms. The minimum absolute atomic E-state index is 0.110. The number of hydrogen-bond acceptors (Lipinski definition) is 5. The molecule has 2 atom stereocenters. The Labute approximate surface area is 171 Å². The van der Waals surface area contributed by atoms with E-state index in [1.54, 1.807) is 18.3 Å². The standard InChI is InChI=1S/C23H26N4O2/c1-16-2-4-19(5-3-16)23(28)27-11-7-18(8-12-27)22-20(9-13-29-22)26-21-14-17(15-24)6-10-25-21/h2-6,10,14,18,20,22H,7-9,11-13H2,1H3,(H,25,26)/t20-,22+/m1/s1. The molecule has 0 radical (unpaired) electrons. The van der Waals surface area contributed by atoms with Crippen molar-refractivity contribution in [1.82, 2.24) is 9.88 Å². The number of anilines is 1. The Morgan fingerprint density at radius 3 is 2.69 bits per heavy atom. The molecule has 2 fully saturated rings. The third-order valence-corrected chi connectivity index (χ3v) is 5.95. The summed E-state index contributed by atoms with van der Waals surface area (Å²) in [4.78, 5) is 19.0. The minimum atomic E-state index is 0.110. The number of amides is 1. The van der Waals surface area contributed by atoms with Gasteiger partial charge in [0, 0.05) is 31.5 Å². The lowest BCUT2D eigenvalue weighted by Crippen LogP contribution is -2.44. The van der Waals surface area contributed by atoms with Crippen molar-refractivity contribution in [2.45, 2.75) is 38.3 Å². The van der Waals surface area contributed by atoms with Crippen molar-refractivity contribution in [2.24, 2.45) is 5.92 Å². The van der Waals surface area contributed by atoms with Gasteiger partial charge in [-0.1, -0.05) is 17.7 Å². The van der Waals surface area contributed by atoms with E-state index in [-0.39, 0.29) is 18.1 Å². The molecule has 1 aromatic carbocycles. The Kier molecular flexibility index (Phi) is 5.77. The lowest BCUT2D eigenvalue weighted by Gasteiger charge is -2.36. The Balaban J connectivity index is 1.35. The maximum Gasteiger partial charge on any atom is 0.253 e. The van der Waals surface area contributed by atoms with Crippen LogP contribution in [0.15, 0.2) is 42.6 Å². The third kappa shape index (κ3) is 4.41. The molecule has 2 aliphatic rings. The molecular weight excluding hydrogens is 364 g/mol. The molecule has 1 aromatic heterocycles. The number of rotatable bonds is 4. The Bertz CT molecular complexity index is 898. The highest BCUT2D eigenvalue weighted by Crippen LogP contribution is 2.31. The summed E-state index contributed by atoms with van der Waals surface area (Å²) in [5.74, 6) is 1.25. The predicted molar refractivity (Wildman–Crippen MR) is 111 cm³/mol. The van der Waals surface area contributed by atoms with E-state index in [1.807, 2.05) is 36.1 Å². The molecule has 1 amide bonds. The van der Waals surface area contributed by atoms with Crippen LogP contribution in [0.1, 0.15) is 40.7 Å². The van der Waals surface area contributed by atoms with Crippen LogP contribution in [-0.4, -0.2) is 47.6 Å². The zero-order valence-electron chi connectivity index (χ0n) is 16.7. The largest absolute Gasteiger partial charge is 0.376 e. The van der Waals surface area contributed by atoms with Gasteiger partial charge in [-0.25, -0.2) is 4.98 Å². The maximum absolute atomic E-state index is 12.8. The van der Waals surface area contributed by atoms with E-state index in [4.69, 9.17) is 10.00 Å². The highest BCUT2D eigenvalue weighted by atomic mass is 16.5.